The van der Waals surface area contributed by atoms with Crippen LogP contribution in [-0.2, 0) is 0 Å². The molecule has 0 radical (unpaired) electrons. The summed E-state index contributed by atoms with van der Waals surface area (Å²) in [6, 6.07) is 13.5. The number of hydrogen-bond acceptors (Lipinski definition) is 3. The molecule has 2 aromatic carbocycles. The minimum Gasteiger partial charge on any atom is -0.378 e. The molecule has 0 heterocycles. The highest BCUT2D eigenvalue weighted by molar-refractivity contribution is 6.06. The fourth-order valence-corrected chi connectivity index (χ4v) is 1.93. The summed E-state index contributed by atoms with van der Waals surface area (Å²) in [6.07, 6.45) is 0. The van der Waals surface area contributed by atoms with Crippen molar-refractivity contribution in [1.82, 2.24) is 0 Å². The monoisotopic (exact) mass is 298 g/mol. The van der Waals surface area contributed by atoms with E-state index in [0.29, 0.717) is 11.4 Å². The maximum absolute atomic E-state index is 12.0. The highest BCUT2D eigenvalue weighted by Crippen LogP contribution is 2.17. The molecule has 0 bridgehead atoms. The summed E-state index contributed by atoms with van der Waals surface area (Å²) in [7, 11) is 3.88. The Morgan fingerprint density at radius 3 is 2.18 bits per heavy atom. The van der Waals surface area contributed by atoms with Crippen LogP contribution in [0.4, 0.5) is 21.9 Å². The van der Waals surface area contributed by atoms with E-state index >= 15 is 0 Å². The lowest BCUT2D eigenvalue weighted by Gasteiger charge is -2.13. The van der Waals surface area contributed by atoms with Crippen LogP contribution in [0.2, 0.25) is 0 Å². The smallest absolute Gasteiger partial charge is 0.323 e. The number of nitrogens with zero attached hydrogens (tertiary/aromatic N) is 1. The topological polar surface area (TPSA) is 87.5 Å². The zero-order valence-corrected chi connectivity index (χ0v) is 12.5. The lowest BCUT2D eigenvalue weighted by molar-refractivity contribution is 0.100. The fourth-order valence-electron chi connectivity index (χ4n) is 1.93. The van der Waals surface area contributed by atoms with Crippen LogP contribution in [0.3, 0.4) is 0 Å². The van der Waals surface area contributed by atoms with Crippen molar-refractivity contribution in [1.29, 1.82) is 0 Å². The quantitative estimate of drug-likeness (QED) is 0.810. The Morgan fingerprint density at radius 2 is 1.59 bits per heavy atom. The number of rotatable bonds is 4. The average molecular weight is 298 g/mol. The molecule has 0 saturated heterocycles. The summed E-state index contributed by atoms with van der Waals surface area (Å²) in [4.78, 5) is 25.3. The van der Waals surface area contributed by atoms with E-state index in [1.54, 1.807) is 36.4 Å². The molecule has 0 fully saturated rings. The minimum atomic E-state index is -0.591. The van der Waals surface area contributed by atoms with Crippen LogP contribution in [0.5, 0.6) is 0 Å². The van der Waals surface area contributed by atoms with E-state index in [9.17, 15) is 9.59 Å². The van der Waals surface area contributed by atoms with Crippen LogP contribution in [0.1, 0.15) is 10.4 Å². The molecule has 22 heavy (non-hydrogen) atoms. The van der Waals surface area contributed by atoms with Gasteiger partial charge in [0.2, 0.25) is 0 Å². The van der Waals surface area contributed by atoms with Crippen molar-refractivity contribution in [3.8, 4) is 0 Å². The van der Waals surface area contributed by atoms with E-state index in [1.165, 1.54) is 0 Å². The van der Waals surface area contributed by atoms with Gasteiger partial charge in [-0.2, -0.15) is 0 Å². The Morgan fingerprint density at radius 1 is 0.955 bits per heavy atom. The molecule has 3 amide bonds. The predicted octanol–water partition coefficient (Wildman–Crippen LogP) is 2.50. The van der Waals surface area contributed by atoms with E-state index in [1.807, 2.05) is 31.1 Å². The first-order valence-corrected chi connectivity index (χ1v) is 6.71. The largest absolute Gasteiger partial charge is 0.378 e. The zero-order chi connectivity index (χ0) is 16.1. The van der Waals surface area contributed by atoms with Crippen molar-refractivity contribution in [2.24, 2.45) is 5.73 Å². The van der Waals surface area contributed by atoms with Crippen molar-refractivity contribution in [3.63, 3.8) is 0 Å². The molecule has 0 aliphatic rings. The van der Waals surface area contributed by atoms with E-state index in [0.717, 1.165) is 5.69 Å². The van der Waals surface area contributed by atoms with Gasteiger partial charge in [-0.1, -0.05) is 12.1 Å². The molecule has 0 aliphatic heterocycles. The van der Waals surface area contributed by atoms with Crippen LogP contribution in [0.25, 0.3) is 0 Å². The van der Waals surface area contributed by atoms with Crippen molar-refractivity contribution in [2.45, 2.75) is 0 Å². The van der Waals surface area contributed by atoms with Gasteiger partial charge in [-0.25, -0.2) is 4.79 Å². The van der Waals surface area contributed by atoms with Gasteiger partial charge in [0.05, 0.1) is 11.3 Å². The Bertz CT molecular complexity index is 681. The average Bonchev–Trinajstić information content (AvgIpc) is 2.48. The zero-order valence-electron chi connectivity index (χ0n) is 12.5. The van der Waals surface area contributed by atoms with Crippen LogP contribution in [-0.4, -0.2) is 26.0 Å². The standard InChI is InChI=1S/C16H18N4O2/c1-20(2)12-9-7-11(8-10-12)18-16(22)19-14-6-4-3-5-13(14)15(17)21/h3-10H,1-2H3,(H2,17,21)(H2,18,19,22). The molecule has 114 valence electrons. The number of nitrogens with two attached hydrogens (primary N) is 1. The summed E-state index contributed by atoms with van der Waals surface area (Å²) in [6.45, 7) is 0. The van der Waals surface area contributed by atoms with Gasteiger partial charge in [0.15, 0.2) is 0 Å². The molecule has 0 atom stereocenters. The lowest BCUT2D eigenvalue weighted by Crippen LogP contribution is -2.22. The first-order valence-electron chi connectivity index (χ1n) is 6.71. The molecule has 6 heteroatoms. The van der Waals surface area contributed by atoms with E-state index in [-0.39, 0.29) is 5.56 Å². The van der Waals surface area contributed by atoms with Gasteiger partial charge in [0.1, 0.15) is 0 Å². The van der Waals surface area contributed by atoms with Crippen LogP contribution >= 0.6 is 0 Å². The van der Waals surface area contributed by atoms with Crippen molar-refractivity contribution in [2.75, 3.05) is 29.6 Å². The molecule has 0 aromatic heterocycles. The molecule has 0 saturated carbocycles. The maximum atomic E-state index is 12.0. The minimum absolute atomic E-state index is 0.264. The number of carbonyl (C=O) groups excluding carboxylic acids is 2. The third kappa shape index (κ3) is 3.76. The number of hydrogen-bond donors (Lipinski definition) is 3. The molecule has 0 aliphatic carbocycles. The Balaban J connectivity index is 2.06. The van der Waals surface area contributed by atoms with Crippen LogP contribution in [0, 0.1) is 0 Å². The Labute approximate surface area is 128 Å². The number of carbonyl (C=O) groups is 2. The van der Waals surface area contributed by atoms with Gasteiger partial charge in [-0.3, -0.25) is 4.79 Å². The number of primary amides is 1. The molecule has 2 rings (SSSR count). The summed E-state index contributed by atoms with van der Waals surface area (Å²) in [5.41, 5.74) is 7.59. The number of para-hydroxylation sites is 1. The SMILES string of the molecule is CN(C)c1ccc(NC(=O)Nc2ccccc2C(N)=O)cc1. The molecule has 2 aromatic rings. The molecular weight excluding hydrogens is 280 g/mol. The molecular formula is C16H18N4O2. The third-order valence-electron chi connectivity index (χ3n) is 3.08. The summed E-state index contributed by atoms with van der Waals surface area (Å²) >= 11 is 0. The van der Waals surface area contributed by atoms with E-state index in [4.69, 9.17) is 5.73 Å². The number of benzene rings is 2. The first-order chi connectivity index (χ1) is 10.5. The highest BCUT2D eigenvalue weighted by atomic mass is 16.2. The van der Waals surface area contributed by atoms with Crippen LogP contribution in [0.15, 0.2) is 48.5 Å². The molecule has 0 unspecified atom stereocenters. The number of anilines is 3. The van der Waals surface area contributed by atoms with Gasteiger partial charge in [0.25, 0.3) is 5.91 Å². The van der Waals surface area contributed by atoms with Crippen molar-refractivity contribution >= 4 is 29.0 Å². The molecule has 0 spiro atoms. The van der Waals surface area contributed by atoms with E-state index in [2.05, 4.69) is 10.6 Å². The second-order valence-electron chi connectivity index (χ2n) is 4.93. The highest BCUT2D eigenvalue weighted by Gasteiger charge is 2.10. The third-order valence-corrected chi connectivity index (χ3v) is 3.08. The van der Waals surface area contributed by atoms with Crippen LogP contribution < -0.4 is 21.3 Å². The second-order valence-corrected chi connectivity index (χ2v) is 4.93. The Kier molecular flexibility index (Phi) is 4.63. The maximum Gasteiger partial charge on any atom is 0.323 e. The van der Waals surface area contributed by atoms with Crippen molar-refractivity contribution in [3.05, 3.63) is 54.1 Å². The van der Waals surface area contributed by atoms with E-state index < -0.39 is 11.9 Å². The molecule has 4 N–H and O–H groups in total. The number of urea groups is 1. The van der Waals surface area contributed by atoms with Gasteiger partial charge >= 0.3 is 6.03 Å². The lowest BCUT2D eigenvalue weighted by atomic mass is 10.1. The predicted molar refractivity (Wildman–Crippen MR) is 88.4 cm³/mol. The fraction of sp³-hybridized carbons (Fsp3) is 0.125. The Hall–Kier alpha value is -3.02. The molecule has 6 nitrogen and oxygen atoms in total. The first kappa shape index (κ1) is 15.4. The van der Waals surface area contributed by atoms with Gasteiger partial charge in [-0.15, -0.1) is 0 Å². The summed E-state index contributed by atoms with van der Waals surface area (Å²) in [5, 5.41) is 5.32. The normalized spacial score (nSPS) is 9.91. The summed E-state index contributed by atoms with van der Waals surface area (Å²) in [5.74, 6) is -0.591. The van der Waals surface area contributed by atoms with Gasteiger partial charge < -0.3 is 21.3 Å². The van der Waals surface area contributed by atoms with Crippen molar-refractivity contribution < 1.29 is 9.59 Å². The van der Waals surface area contributed by atoms with Gasteiger partial charge in [0, 0.05) is 25.5 Å². The second kappa shape index (κ2) is 6.62. The number of nitrogens with one attached hydrogen (secondary N) is 2. The number of amides is 3. The van der Waals surface area contributed by atoms with Gasteiger partial charge in [-0.05, 0) is 36.4 Å². The summed E-state index contributed by atoms with van der Waals surface area (Å²) < 4.78 is 0.